The normalized spacial score (nSPS) is 19.1. The van der Waals surface area contributed by atoms with Gasteiger partial charge in [-0.3, -0.25) is 9.59 Å². The highest BCUT2D eigenvalue weighted by Crippen LogP contribution is 2.18. The summed E-state index contributed by atoms with van der Waals surface area (Å²) in [6.45, 7) is 6.80. The first-order chi connectivity index (χ1) is 9.65. The molecule has 1 heterocycles. The largest absolute Gasteiger partial charge is 0.460 e. The first kappa shape index (κ1) is 17.1. The van der Waals surface area contributed by atoms with Crippen LogP contribution in [0.2, 0.25) is 0 Å². The molecule has 118 valence electrons. The van der Waals surface area contributed by atoms with Crippen LogP contribution in [0, 0.1) is 5.92 Å². The van der Waals surface area contributed by atoms with Crippen LogP contribution in [-0.2, 0) is 23.9 Å². The van der Waals surface area contributed by atoms with Crippen LogP contribution in [0.4, 0.5) is 4.79 Å². The van der Waals surface area contributed by atoms with E-state index in [9.17, 15) is 19.2 Å². The van der Waals surface area contributed by atoms with Crippen LogP contribution in [-0.4, -0.2) is 53.8 Å². The number of ketones is 2. The predicted molar refractivity (Wildman–Crippen MR) is 72.6 cm³/mol. The van der Waals surface area contributed by atoms with Crippen molar-refractivity contribution in [3.8, 4) is 0 Å². The van der Waals surface area contributed by atoms with Crippen molar-refractivity contribution >= 4 is 23.6 Å². The third-order valence-corrected chi connectivity index (χ3v) is 2.87. The molecule has 0 bridgehead atoms. The second-order valence-electron chi connectivity index (χ2n) is 5.79. The summed E-state index contributed by atoms with van der Waals surface area (Å²) in [6.07, 6.45) is -0.492. The Morgan fingerprint density at radius 3 is 2.38 bits per heavy atom. The Morgan fingerprint density at radius 2 is 1.90 bits per heavy atom. The molecule has 0 radical (unpaired) electrons. The van der Waals surface area contributed by atoms with E-state index in [1.165, 1.54) is 4.90 Å². The Kier molecular flexibility index (Phi) is 5.46. The molecule has 0 N–H and O–H groups in total. The molecular weight excluding hydrogens is 278 g/mol. The number of Topliss-reactive ketones (excluding diaryl/α,β-unsaturated/α-hetero) is 2. The lowest BCUT2D eigenvalue weighted by Gasteiger charge is -2.31. The molecule has 7 heteroatoms. The third kappa shape index (κ3) is 4.84. The van der Waals surface area contributed by atoms with Gasteiger partial charge in [-0.1, -0.05) is 0 Å². The number of rotatable bonds is 3. The fourth-order valence-electron chi connectivity index (χ4n) is 1.93. The van der Waals surface area contributed by atoms with Crippen LogP contribution in [0.3, 0.4) is 0 Å². The maximum absolute atomic E-state index is 11.9. The highest BCUT2D eigenvalue weighted by atomic mass is 16.6. The van der Waals surface area contributed by atoms with Gasteiger partial charge in [-0.25, -0.2) is 9.59 Å². The molecule has 0 aliphatic carbocycles. The third-order valence-electron chi connectivity index (χ3n) is 2.87. The Labute approximate surface area is 123 Å². The standard InChI is InChI=1S/C14H21NO6/c1-5-20-12(18)11(17)9-6-7-15(8-10(9)16)13(19)21-14(2,3)4/h9H,5-8H2,1-4H3. The molecule has 7 nitrogen and oxygen atoms in total. The van der Waals surface area contributed by atoms with E-state index in [1.807, 2.05) is 0 Å². The molecule has 1 fully saturated rings. The van der Waals surface area contributed by atoms with Crippen LogP contribution in [0.15, 0.2) is 0 Å². The van der Waals surface area contributed by atoms with Crippen LogP contribution in [0.1, 0.15) is 34.1 Å². The van der Waals surface area contributed by atoms with Gasteiger partial charge in [0.1, 0.15) is 5.60 Å². The number of carbonyl (C=O) groups excluding carboxylic acids is 4. The van der Waals surface area contributed by atoms with E-state index in [0.717, 1.165) is 0 Å². The van der Waals surface area contributed by atoms with Gasteiger partial charge >= 0.3 is 12.1 Å². The first-order valence-electron chi connectivity index (χ1n) is 6.87. The van der Waals surface area contributed by atoms with E-state index < -0.39 is 35.1 Å². The molecule has 0 aromatic heterocycles. The highest BCUT2D eigenvalue weighted by molar-refractivity contribution is 6.38. The van der Waals surface area contributed by atoms with E-state index in [4.69, 9.17) is 4.74 Å². The number of carbonyl (C=O) groups is 4. The zero-order valence-corrected chi connectivity index (χ0v) is 12.8. The molecule has 1 rings (SSSR count). The fourth-order valence-corrected chi connectivity index (χ4v) is 1.93. The summed E-state index contributed by atoms with van der Waals surface area (Å²) < 4.78 is 9.76. The molecule has 1 atom stereocenters. The van der Waals surface area contributed by atoms with Gasteiger partial charge in [-0.15, -0.1) is 0 Å². The van der Waals surface area contributed by atoms with Gasteiger partial charge in [0.15, 0.2) is 5.78 Å². The summed E-state index contributed by atoms with van der Waals surface area (Å²) in [4.78, 5) is 48.2. The summed E-state index contributed by atoms with van der Waals surface area (Å²) in [5.41, 5.74) is -0.655. The fraction of sp³-hybridized carbons (Fsp3) is 0.714. The van der Waals surface area contributed by atoms with E-state index >= 15 is 0 Å². The molecule has 1 saturated heterocycles. The molecule has 0 aromatic rings. The van der Waals surface area contributed by atoms with Gasteiger partial charge < -0.3 is 14.4 Å². The lowest BCUT2D eigenvalue weighted by molar-refractivity contribution is -0.157. The summed E-state index contributed by atoms with van der Waals surface area (Å²) in [5.74, 6) is -3.33. The van der Waals surface area contributed by atoms with Crippen LogP contribution >= 0.6 is 0 Å². The van der Waals surface area contributed by atoms with Crippen LogP contribution in [0.25, 0.3) is 0 Å². The lowest BCUT2D eigenvalue weighted by Crippen LogP contribution is -2.49. The van der Waals surface area contributed by atoms with Crippen molar-refractivity contribution in [2.75, 3.05) is 19.7 Å². The molecular formula is C14H21NO6. The number of amides is 1. The Bertz CT molecular complexity index is 451. The lowest BCUT2D eigenvalue weighted by atomic mass is 9.91. The quantitative estimate of drug-likeness (QED) is 0.438. The SMILES string of the molecule is CCOC(=O)C(=O)C1CCN(C(=O)OC(C)(C)C)CC1=O. The van der Waals surface area contributed by atoms with E-state index in [-0.39, 0.29) is 26.1 Å². The van der Waals surface area contributed by atoms with Crippen LogP contribution in [0.5, 0.6) is 0 Å². The summed E-state index contributed by atoms with van der Waals surface area (Å²) in [6, 6.07) is 0. The van der Waals surface area contributed by atoms with Crippen molar-refractivity contribution in [3.05, 3.63) is 0 Å². The zero-order chi connectivity index (χ0) is 16.2. The van der Waals surface area contributed by atoms with Crippen LogP contribution < -0.4 is 0 Å². The maximum Gasteiger partial charge on any atom is 0.410 e. The molecule has 0 aromatic carbocycles. The maximum atomic E-state index is 11.9. The topological polar surface area (TPSA) is 90.0 Å². The van der Waals surface area contributed by atoms with E-state index in [2.05, 4.69) is 4.74 Å². The van der Waals surface area contributed by atoms with Crippen molar-refractivity contribution in [1.82, 2.24) is 4.90 Å². The van der Waals surface area contributed by atoms with Gasteiger partial charge in [0.05, 0.1) is 19.1 Å². The second kappa shape index (κ2) is 6.69. The average Bonchev–Trinajstić information content (AvgIpc) is 2.36. The van der Waals surface area contributed by atoms with E-state index in [1.54, 1.807) is 27.7 Å². The number of nitrogens with zero attached hydrogens (tertiary/aromatic N) is 1. The molecule has 1 aliphatic rings. The Morgan fingerprint density at radius 1 is 1.29 bits per heavy atom. The number of likely N-dealkylation sites (tertiary alicyclic amines) is 1. The molecule has 0 saturated carbocycles. The summed E-state index contributed by atoms with van der Waals surface area (Å²) >= 11 is 0. The average molecular weight is 299 g/mol. The summed E-state index contributed by atoms with van der Waals surface area (Å²) in [7, 11) is 0. The number of hydrogen-bond donors (Lipinski definition) is 0. The predicted octanol–water partition coefficient (Wildman–Crippen LogP) is 0.945. The number of hydrogen-bond acceptors (Lipinski definition) is 6. The molecule has 0 spiro atoms. The van der Waals surface area contributed by atoms with E-state index in [0.29, 0.717) is 0 Å². The van der Waals surface area contributed by atoms with Gasteiger partial charge in [-0.2, -0.15) is 0 Å². The Hall–Kier alpha value is -1.92. The number of piperidine rings is 1. The second-order valence-corrected chi connectivity index (χ2v) is 5.79. The smallest absolute Gasteiger partial charge is 0.410 e. The Balaban J connectivity index is 2.62. The van der Waals surface area contributed by atoms with Gasteiger partial charge in [0.2, 0.25) is 0 Å². The van der Waals surface area contributed by atoms with Gasteiger partial charge in [-0.05, 0) is 34.1 Å². The minimum Gasteiger partial charge on any atom is -0.460 e. The van der Waals surface area contributed by atoms with Crippen molar-refractivity contribution in [3.63, 3.8) is 0 Å². The molecule has 1 aliphatic heterocycles. The summed E-state index contributed by atoms with van der Waals surface area (Å²) in [5, 5.41) is 0. The van der Waals surface area contributed by atoms with Crippen molar-refractivity contribution in [1.29, 1.82) is 0 Å². The number of esters is 1. The van der Waals surface area contributed by atoms with Gasteiger partial charge in [0, 0.05) is 6.54 Å². The minimum absolute atomic E-state index is 0.0789. The van der Waals surface area contributed by atoms with Crippen molar-refractivity contribution < 1.29 is 28.7 Å². The van der Waals surface area contributed by atoms with Gasteiger partial charge in [0.25, 0.3) is 5.78 Å². The highest BCUT2D eigenvalue weighted by Gasteiger charge is 2.38. The molecule has 1 amide bonds. The van der Waals surface area contributed by atoms with Crippen molar-refractivity contribution in [2.24, 2.45) is 5.92 Å². The minimum atomic E-state index is -1.03. The van der Waals surface area contributed by atoms with Crippen molar-refractivity contribution in [2.45, 2.75) is 39.7 Å². The zero-order valence-electron chi connectivity index (χ0n) is 12.8. The monoisotopic (exact) mass is 299 g/mol. The molecule has 1 unspecified atom stereocenters. The first-order valence-corrected chi connectivity index (χ1v) is 6.87. The number of ether oxygens (including phenoxy) is 2. The molecule has 21 heavy (non-hydrogen) atoms.